The van der Waals surface area contributed by atoms with E-state index in [4.69, 9.17) is 5.73 Å². The Morgan fingerprint density at radius 2 is 1.88 bits per heavy atom. The fourth-order valence-electron chi connectivity index (χ4n) is 2.54. The van der Waals surface area contributed by atoms with Crippen molar-refractivity contribution in [1.82, 2.24) is 9.97 Å². The second kappa shape index (κ2) is 8.14. The Morgan fingerprint density at radius 1 is 1.20 bits per heavy atom. The SMILES string of the molecule is CCC(C)C(N)C(=O)Nc1ccc(-c2nc3ccccc3[nH]2)cc1.Cl. The topological polar surface area (TPSA) is 83.8 Å². The standard InChI is InChI=1S/C19H22N4O.ClH/c1-3-12(2)17(20)19(24)21-14-10-8-13(9-11-14)18-22-15-6-4-5-7-16(15)23-18;/h4-12,17H,3,20H2,1-2H3,(H,21,24)(H,22,23);1H. The van der Waals surface area contributed by atoms with Crippen LogP contribution >= 0.6 is 12.4 Å². The average Bonchev–Trinajstić information content (AvgIpc) is 3.05. The van der Waals surface area contributed by atoms with Crippen molar-refractivity contribution < 1.29 is 4.79 Å². The molecular formula is C19H23ClN4O. The molecule has 0 aliphatic carbocycles. The first-order valence-corrected chi connectivity index (χ1v) is 8.20. The molecule has 0 bridgehead atoms. The second-order valence-corrected chi connectivity index (χ2v) is 6.08. The van der Waals surface area contributed by atoms with Crippen molar-refractivity contribution >= 4 is 35.0 Å². The number of rotatable bonds is 5. The van der Waals surface area contributed by atoms with Crippen molar-refractivity contribution in [2.75, 3.05) is 5.32 Å². The summed E-state index contributed by atoms with van der Waals surface area (Å²) in [5.74, 6) is 0.811. The van der Waals surface area contributed by atoms with Crippen molar-refractivity contribution in [1.29, 1.82) is 0 Å². The van der Waals surface area contributed by atoms with Crippen molar-refractivity contribution in [3.8, 4) is 11.4 Å². The number of imidazole rings is 1. The monoisotopic (exact) mass is 358 g/mol. The van der Waals surface area contributed by atoms with E-state index in [0.29, 0.717) is 0 Å². The van der Waals surface area contributed by atoms with Crippen LogP contribution in [0.2, 0.25) is 0 Å². The first-order valence-electron chi connectivity index (χ1n) is 8.20. The molecule has 0 aliphatic heterocycles. The molecule has 1 amide bonds. The van der Waals surface area contributed by atoms with Crippen LogP contribution in [0.25, 0.3) is 22.4 Å². The summed E-state index contributed by atoms with van der Waals surface area (Å²) < 4.78 is 0. The largest absolute Gasteiger partial charge is 0.338 e. The number of anilines is 1. The third-order valence-corrected chi connectivity index (χ3v) is 4.38. The Morgan fingerprint density at radius 3 is 2.52 bits per heavy atom. The third kappa shape index (κ3) is 4.18. The predicted octanol–water partition coefficient (Wildman–Crippen LogP) is 3.96. The lowest BCUT2D eigenvalue weighted by Crippen LogP contribution is -2.40. The molecule has 0 aliphatic rings. The summed E-state index contributed by atoms with van der Waals surface area (Å²) in [7, 11) is 0. The van der Waals surface area contributed by atoms with E-state index in [1.54, 1.807) is 0 Å². The number of aromatic nitrogens is 2. The quantitative estimate of drug-likeness (QED) is 0.645. The van der Waals surface area contributed by atoms with Gasteiger partial charge in [0.15, 0.2) is 0 Å². The van der Waals surface area contributed by atoms with Crippen LogP contribution in [0.4, 0.5) is 5.69 Å². The smallest absolute Gasteiger partial charge is 0.241 e. The lowest BCUT2D eigenvalue weighted by Gasteiger charge is -2.17. The molecule has 0 radical (unpaired) electrons. The van der Waals surface area contributed by atoms with Crippen LogP contribution in [0.15, 0.2) is 48.5 Å². The van der Waals surface area contributed by atoms with Gasteiger partial charge in [-0.25, -0.2) is 4.98 Å². The number of benzene rings is 2. The molecule has 1 aromatic heterocycles. The number of carbonyl (C=O) groups is 1. The van der Waals surface area contributed by atoms with Gasteiger partial charge in [-0.15, -0.1) is 12.4 Å². The Balaban J connectivity index is 0.00000225. The second-order valence-electron chi connectivity index (χ2n) is 6.08. The van der Waals surface area contributed by atoms with E-state index in [1.165, 1.54) is 0 Å². The molecule has 0 spiro atoms. The molecule has 5 nitrogen and oxygen atoms in total. The number of carbonyl (C=O) groups excluding carboxylic acids is 1. The Hall–Kier alpha value is -2.37. The van der Waals surface area contributed by atoms with Gasteiger partial charge in [-0.05, 0) is 42.3 Å². The first kappa shape index (κ1) is 19.0. The van der Waals surface area contributed by atoms with Crippen LogP contribution < -0.4 is 11.1 Å². The summed E-state index contributed by atoms with van der Waals surface area (Å²) in [5.41, 5.74) is 9.60. The van der Waals surface area contributed by atoms with Gasteiger partial charge in [-0.2, -0.15) is 0 Å². The fourth-order valence-corrected chi connectivity index (χ4v) is 2.54. The van der Waals surface area contributed by atoms with E-state index in [1.807, 2.05) is 62.4 Å². The van der Waals surface area contributed by atoms with Gasteiger partial charge >= 0.3 is 0 Å². The lowest BCUT2D eigenvalue weighted by atomic mass is 9.99. The van der Waals surface area contributed by atoms with Gasteiger partial charge < -0.3 is 16.0 Å². The van der Waals surface area contributed by atoms with Crippen molar-refractivity contribution in [3.63, 3.8) is 0 Å². The highest BCUT2D eigenvalue weighted by molar-refractivity contribution is 5.95. The lowest BCUT2D eigenvalue weighted by molar-refractivity contribution is -0.118. The van der Waals surface area contributed by atoms with Gasteiger partial charge in [0, 0.05) is 11.3 Å². The number of hydrogen-bond acceptors (Lipinski definition) is 3. The van der Waals surface area contributed by atoms with E-state index >= 15 is 0 Å². The molecule has 3 rings (SSSR count). The molecule has 0 saturated heterocycles. The average molecular weight is 359 g/mol. The van der Waals surface area contributed by atoms with E-state index in [9.17, 15) is 4.79 Å². The number of nitrogens with one attached hydrogen (secondary N) is 2. The van der Waals surface area contributed by atoms with E-state index in [2.05, 4.69) is 15.3 Å². The summed E-state index contributed by atoms with van der Waals surface area (Å²) in [6, 6.07) is 15.0. The minimum atomic E-state index is -0.495. The zero-order valence-corrected chi connectivity index (χ0v) is 15.1. The molecule has 4 N–H and O–H groups in total. The summed E-state index contributed by atoms with van der Waals surface area (Å²) in [6.45, 7) is 4.01. The van der Waals surface area contributed by atoms with Crippen LogP contribution in [-0.4, -0.2) is 21.9 Å². The van der Waals surface area contributed by atoms with E-state index in [-0.39, 0.29) is 24.2 Å². The zero-order chi connectivity index (χ0) is 17.1. The maximum atomic E-state index is 12.1. The zero-order valence-electron chi connectivity index (χ0n) is 14.3. The number of para-hydroxylation sites is 2. The van der Waals surface area contributed by atoms with Crippen LogP contribution in [0.5, 0.6) is 0 Å². The maximum Gasteiger partial charge on any atom is 0.241 e. The van der Waals surface area contributed by atoms with Gasteiger partial charge in [0.1, 0.15) is 5.82 Å². The molecule has 1 heterocycles. The summed E-state index contributed by atoms with van der Waals surface area (Å²) in [6.07, 6.45) is 0.875. The Labute approximate surface area is 153 Å². The molecule has 25 heavy (non-hydrogen) atoms. The van der Waals surface area contributed by atoms with Gasteiger partial charge in [0.05, 0.1) is 17.1 Å². The number of nitrogens with zero attached hydrogens (tertiary/aromatic N) is 1. The number of fused-ring (bicyclic) bond motifs is 1. The van der Waals surface area contributed by atoms with Gasteiger partial charge in [0.25, 0.3) is 0 Å². The van der Waals surface area contributed by atoms with Crippen LogP contribution in [-0.2, 0) is 4.79 Å². The van der Waals surface area contributed by atoms with Gasteiger partial charge in [-0.1, -0.05) is 32.4 Å². The van der Waals surface area contributed by atoms with Crippen LogP contribution in [0.1, 0.15) is 20.3 Å². The predicted molar refractivity (Wildman–Crippen MR) is 105 cm³/mol. The molecule has 2 aromatic carbocycles. The van der Waals surface area contributed by atoms with Gasteiger partial charge in [-0.3, -0.25) is 4.79 Å². The molecule has 2 atom stereocenters. The van der Waals surface area contributed by atoms with Crippen LogP contribution in [0.3, 0.4) is 0 Å². The molecule has 2 unspecified atom stereocenters. The minimum absolute atomic E-state index is 0. The van der Waals surface area contributed by atoms with E-state index in [0.717, 1.165) is 34.5 Å². The first-order chi connectivity index (χ1) is 11.6. The minimum Gasteiger partial charge on any atom is -0.338 e. The number of aromatic amines is 1. The fraction of sp³-hybridized carbons (Fsp3) is 0.263. The molecule has 3 aromatic rings. The van der Waals surface area contributed by atoms with Crippen molar-refractivity contribution in [2.24, 2.45) is 11.7 Å². The van der Waals surface area contributed by atoms with Crippen molar-refractivity contribution in [3.05, 3.63) is 48.5 Å². The highest BCUT2D eigenvalue weighted by Gasteiger charge is 2.19. The molecule has 0 fully saturated rings. The maximum absolute atomic E-state index is 12.1. The summed E-state index contributed by atoms with van der Waals surface area (Å²) in [4.78, 5) is 20.0. The number of amides is 1. The van der Waals surface area contributed by atoms with Crippen molar-refractivity contribution in [2.45, 2.75) is 26.3 Å². The molecule has 132 valence electrons. The summed E-state index contributed by atoms with van der Waals surface area (Å²) in [5, 5.41) is 2.87. The number of halogens is 1. The number of nitrogens with two attached hydrogens (primary N) is 1. The normalized spacial score (nSPS) is 13.1. The highest BCUT2D eigenvalue weighted by atomic mass is 35.5. The number of H-pyrrole nitrogens is 1. The van der Waals surface area contributed by atoms with E-state index < -0.39 is 6.04 Å². The molecule has 6 heteroatoms. The highest BCUT2D eigenvalue weighted by Crippen LogP contribution is 2.22. The summed E-state index contributed by atoms with van der Waals surface area (Å²) >= 11 is 0. The third-order valence-electron chi connectivity index (χ3n) is 4.38. The Bertz CT molecular complexity index is 811. The number of hydrogen-bond donors (Lipinski definition) is 3. The molecule has 0 saturated carbocycles. The Kier molecular flexibility index (Phi) is 6.17. The molecular weight excluding hydrogens is 336 g/mol. The van der Waals surface area contributed by atoms with Crippen LogP contribution in [0, 0.1) is 5.92 Å². The van der Waals surface area contributed by atoms with Gasteiger partial charge in [0.2, 0.25) is 5.91 Å².